The second-order valence-electron chi connectivity index (χ2n) is 16.2. The topological polar surface area (TPSA) is 64.7 Å². The zero-order valence-electron chi connectivity index (χ0n) is 34.8. The SMILES string of the molecule is Cc1ccc2c(n1)oc1c(-c3cc(-c4ccccc4)c(CCc4cc(CCc5ccc(-c6ccccc6)nc5)cc(CCc5ccc(-c6ccccc6)nc5)c4)cn3)cccc12. The third kappa shape index (κ3) is 8.57. The molecule has 5 heteroatoms. The summed E-state index contributed by atoms with van der Waals surface area (Å²) in [4.78, 5) is 19.4. The predicted octanol–water partition coefficient (Wildman–Crippen LogP) is 13.5. The van der Waals surface area contributed by atoms with Crippen LogP contribution in [0.5, 0.6) is 0 Å². The summed E-state index contributed by atoms with van der Waals surface area (Å²) >= 11 is 0. The maximum atomic E-state index is 6.41. The largest absolute Gasteiger partial charge is 0.437 e. The average Bonchev–Trinajstić information content (AvgIpc) is 3.71. The quantitative estimate of drug-likeness (QED) is 0.116. The van der Waals surface area contributed by atoms with E-state index in [2.05, 4.69) is 163 Å². The van der Waals surface area contributed by atoms with Crippen molar-refractivity contribution in [3.63, 3.8) is 0 Å². The maximum absolute atomic E-state index is 6.41. The normalized spacial score (nSPS) is 11.4. The molecule has 0 radical (unpaired) electrons. The predicted molar refractivity (Wildman–Crippen MR) is 253 cm³/mol. The number of furan rings is 1. The van der Waals surface area contributed by atoms with Crippen LogP contribution in [0.25, 0.3) is 67.0 Å². The van der Waals surface area contributed by atoms with Gasteiger partial charge in [-0.15, -0.1) is 0 Å². The summed E-state index contributed by atoms with van der Waals surface area (Å²) in [7, 11) is 0. The Morgan fingerprint density at radius 2 is 0.919 bits per heavy atom. The number of pyridine rings is 4. The molecule has 0 aliphatic carbocycles. The van der Waals surface area contributed by atoms with E-state index < -0.39 is 0 Å². The van der Waals surface area contributed by atoms with Crippen LogP contribution in [0.4, 0.5) is 0 Å². The van der Waals surface area contributed by atoms with Crippen LogP contribution in [0.15, 0.2) is 193 Å². The molecule has 0 saturated heterocycles. The Morgan fingerprint density at radius 1 is 0.387 bits per heavy atom. The second-order valence-corrected chi connectivity index (χ2v) is 16.2. The van der Waals surface area contributed by atoms with Crippen molar-refractivity contribution in [3.8, 4) is 44.9 Å². The highest BCUT2D eigenvalue weighted by Crippen LogP contribution is 2.37. The Kier molecular flexibility index (Phi) is 11.0. The van der Waals surface area contributed by atoms with Gasteiger partial charge in [0.25, 0.3) is 0 Å². The van der Waals surface area contributed by atoms with Gasteiger partial charge in [0.05, 0.1) is 17.1 Å². The minimum absolute atomic E-state index is 0.657. The van der Waals surface area contributed by atoms with E-state index in [1.165, 1.54) is 44.5 Å². The highest BCUT2D eigenvalue weighted by Gasteiger charge is 2.17. The number of benzene rings is 5. The van der Waals surface area contributed by atoms with Crippen LogP contribution in [0, 0.1) is 6.92 Å². The van der Waals surface area contributed by atoms with Crippen molar-refractivity contribution in [2.24, 2.45) is 0 Å². The lowest BCUT2D eigenvalue weighted by atomic mass is 9.92. The lowest BCUT2D eigenvalue weighted by Gasteiger charge is -2.14. The summed E-state index contributed by atoms with van der Waals surface area (Å²) in [6, 6.07) is 60.0. The number of nitrogens with zero attached hydrogens (tertiary/aromatic N) is 4. The monoisotopic (exact) mass is 802 g/mol. The summed E-state index contributed by atoms with van der Waals surface area (Å²) in [6.07, 6.45) is 11.6. The molecule has 5 nitrogen and oxygen atoms in total. The molecule has 0 unspecified atom stereocenters. The molecular weight excluding hydrogens is 757 g/mol. The molecule has 5 aromatic carbocycles. The molecule has 5 aromatic heterocycles. The van der Waals surface area contributed by atoms with Gasteiger partial charge in [-0.3, -0.25) is 15.0 Å². The first-order chi connectivity index (χ1) is 30.6. The van der Waals surface area contributed by atoms with Crippen LogP contribution in [-0.2, 0) is 38.5 Å². The Bertz CT molecular complexity index is 3000. The third-order valence-corrected chi connectivity index (χ3v) is 11.8. The van der Waals surface area contributed by atoms with Crippen molar-refractivity contribution in [1.82, 2.24) is 19.9 Å². The number of aryl methyl sites for hydroxylation is 7. The van der Waals surface area contributed by atoms with Crippen molar-refractivity contribution in [3.05, 3.63) is 228 Å². The van der Waals surface area contributed by atoms with Gasteiger partial charge in [-0.2, -0.15) is 0 Å². The third-order valence-electron chi connectivity index (χ3n) is 11.8. The smallest absolute Gasteiger partial charge is 0.227 e. The van der Waals surface area contributed by atoms with E-state index in [1.54, 1.807) is 0 Å². The highest BCUT2D eigenvalue weighted by atomic mass is 16.3. The van der Waals surface area contributed by atoms with Gasteiger partial charge in [0, 0.05) is 51.7 Å². The van der Waals surface area contributed by atoms with E-state index in [1.807, 2.05) is 37.5 Å². The molecule has 62 heavy (non-hydrogen) atoms. The van der Waals surface area contributed by atoms with E-state index >= 15 is 0 Å². The fraction of sp³-hybridized carbons (Fsp3) is 0.123. The Hall–Kier alpha value is -7.50. The number of aromatic nitrogens is 4. The number of hydrogen-bond donors (Lipinski definition) is 0. The number of rotatable bonds is 13. The number of hydrogen-bond acceptors (Lipinski definition) is 5. The Labute approximate surface area is 362 Å². The molecule has 0 atom stereocenters. The molecule has 0 saturated carbocycles. The van der Waals surface area contributed by atoms with E-state index in [0.29, 0.717) is 5.71 Å². The molecule has 0 bridgehead atoms. The highest BCUT2D eigenvalue weighted by molar-refractivity contribution is 6.08. The van der Waals surface area contributed by atoms with Crippen molar-refractivity contribution in [2.45, 2.75) is 45.4 Å². The molecule has 0 aliphatic rings. The van der Waals surface area contributed by atoms with Crippen molar-refractivity contribution < 1.29 is 4.42 Å². The molecule has 0 fully saturated rings. The first-order valence-electron chi connectivity index (χ1n) is 21.6. The standard InChI is InChI=1S/C57H46N4O/c1-39-20-29-50-49-18-11-19-51(56(49)62-57(50)61-39)55-35-52(45-12-5-2-6-13-45)48(38-60-55)28-25-44-33-42(23-21-40-26-30-53(58-36-40)46-14-7-3-8-15-46)32-43(34-44)24-22-41-27-31-54(59-37-41)47-16-9-4-10-17-47/h2-20,26-27,29-38H,21-25,28H2,1H3. The molecular formula is C57H46N4O. The minimum atomic E-state index is 0.657. The lowest BCUT2D eigenvalue weighted by molar-refractivity contribution is 0.653. The van der Waals surface area contributed by atoms with E-state index in [0.717, 1.165) is 94.3 Å². The second kappa shape index (κ2) is 17.6. The van der Waals surface area contributed by atoms with Crippen molar-refractivity contribution >= 4 is 22.1 Å². The molecule has 0 aliphatic heterocycles. The van der Waals surface area contributed by atoms with Gasteiger partial charge in [-0.05, 0) is 126 Å². The fourth-order valence-electron chi connectivity index (χ4n) is 8.52. The Morgan fingerprint density at radius 3 is 1.48 bits per heavy atom. The summed E-state index contributed by atoms with van der Waals surface area (Å²) in [5.74, 6) is 0. The molecule has 5 heterocycles. The first-order valence-corrected chi connectivity index (χ1v) is 21.6. The zero-order chi connectivity index (χ0) is 41.7. The number of para-hydroxylation sites is 1. The van der Waals surface area contributed by atoms with Crippen LogP contribution in [0.2, 0.25) is 0 Å². The lowest BCUT2D eigenvalue weighted by Crippen LogP contribution is -2.01. The molecule has 10 aromatic rings. The van der Waals surface area contributed by atoms with Gasteiger partial charge in [-0.25, -0.2) is 4.98 Å². The maximum Gasteiger partial charge on any atom is 0.227 e. The van der Waals surface area contributed by atoms with Gasteiger partial charge < -0.3 is 4.42 Å². The van der Waals surface area contributed by atoms with Gasteiger partial charge in [0.15, 0.2) is 0 Å². The molecule has 300 valence electrons. The average molecular weight is 803 g/mol. The summed E-state index contributed by atoms with van der Waals surface area (Å²) in [5.41, 5.74) is 18.6. The molecule has 0 amide bonds. The minimum Gasteiger partial charge on any atom is -0.437 e. The first kappa shape index (κ1) is 38.7. The van der Waals surface area contributed by atoms with Crippen molar-refractivity contribution in [1.29, 1.82) is 0 Å². The summed E-state index contributed by atoms with van der Waals surface area (Å²) in [6.45, 7) is 1.99. The summed E-state index contributed by atoms with van der Waals surface area (Å²) < 4.78 is 6.41. The summed E-state index contributed by atoms with van der Waals surface area (Å²) in [5, 5.41) is 2.07. The van der Waals surface area contributed by atoms with Crippen LogP contribution in [-0.4, -0.2) is 19.9 Å². The zero-order valence-corrected chi connectivity index (χ0v) is 34.8. The van der Waals surface area contributed by atoms with Crippen molar-refractivity contribution in [2.75, 3.05) is 0 Å². The van der Waals surface area contributed by atoms with Crippen LogP contribution in [0.1, 0.15) is 39.1 Å². The van der Waals surface area contributed by atoms with Crippen LogP contribution < -0.4 is 0 Å². The van der Waals surface area contributed by atoms with Crippen LogP contribution in [0.3, 0.4) is 0 Å². The number of fused-ring (bicyclic) bond motifs is 3. The van der Waals surface area contributed by atoms with E-state index in [4.69, 9.17) is 19.4 Å². The van der Waals surface area contributed by atoms with Gasteiger partial charge in [0.1, 0.15) is 5.58 Å². The van der Waals surface area contributed by atoms with E-state index in [9.17, 15) is 0 Å². The Balaban J connectivity index is 0.929. The van der Waals surface area contributed by atoms with Gasteiger partial charge >= 0.3 is 0 Å². The van der Waals surface area contributed by atoms with Gasteiger partial charge in [0.2, 0.25) is 5.71 Å². The molecule has 10 rings (SSSR count). The van der Waals surface area contributed by atoms with Gasteiger partial charge in [-0.1, -0.05) is 133 Å². The van der Waals surface area contributed by atoms with Crippen LogP contribution >= 0.6 is 0 Å². The fourth-order valence-corrected chi connectivity index (χ4v) is 8.52. The molecule has 0 N–H and O–H groups in total. The van der Waals surface area contributed by atoms with E-state index in [-0.39, 0.29) is 0 Å². The molecule has 0 spiro atoms.